The lowest BCUT2D eigenvalue weighted by Gasteiger charge is -2.26. The molecule has 4 heteroatoms. The van der Waals surface area contributed by atoms with Crippen molar-refractivity contribution in [2.45, 2.75) is 38.6 Å². The molecule has 0 radical (unpaired) electrons. The number of aliphatic hydroxyl groups is 1. The largest absolute Gasteiger partial charge is 0.396 e. The maximum Gasteiger partial charge on any atom is 0.234 e. The van der Waals surface area contributed by atoms with Gasteiger partial charge in [0.25, 0.3) is 0 Å². The van der Waals surface area contributed by atoms with Crippen molar-refractivity contribution >= 4 is 5.91 Å². The first-order valence-electron chi connectivity index (χ1n) is 5.83. The van der Waals surface area contributed by atoms with Crippen LogP contribution in [0.15, 0.2) is 0 Å². The van der Waals surface area contributed by atoms with Gasteiger partial charge in [0.2, 0.25) is 5.91 Å². The number of hydrogen-bond donors (Lipinski definition) is 2. The Balaban J connectivity index is 2.44. The number of nitrogens with zero attached hydrogens (tertiary/aromatic N) is 1. The Morgan fingerprint density at radius 1 is 1.67 bits per heavy atom. The molecule has 88 valence electrons. The number of hydrogen-bond acceptors (Lipinski definition) is 3. The van der Waals surface area contributed by atoms with Gasteiger partial charge >= 0.3 is 0 Å². The van der Waals surface area contributed by atoms with Crippen molar-refractivity contribution in [3.8, 4) is 0 Å². The molecule has 0 aromatic rings. The highest BCUT2D eigenvalue weighted by Crippen LogP contribution is 2.20. The van der Waals surface area contributed by atoms with Crippen LogP contribution in [0, 0.1) is 5.92 Å². The van der Waals surface area contributed by atoms with Crippen molar-refractivity contribution in [1.29, 1.82) is 0 Å². The second-order valence-electron chi connectivity index (χ2n) is 4.34. The molecule has 2 atom stereocenters. The van der Waals surface area contributed by atoms with E-state index in [1.54, 1.807) is 0 Å². The van der Waals surface area contributed by atoms with Crippen molar-refractivity contribution < 1.29 is 9.90 Å². The molecule has 0 spiro atoms. The van der Waals surface area contributed by atoms with Gasteiger partial charge in [0.1, 0.15) is 0 Å². The lowest BCUT2D eigenvalue weighted by Crippen LogP contribution is -2.42. The molecule has 4 nitrogen and oxygen atoms in total. The smallest absolute Gasteiger partial charge is 0.234 e. The van der Waals surface area contributed by atoms with Crippen LogP contribution < -0.4 is 5.73 Å². The van der Waals surface area contributed by atoms with E-state index in [4.69, 9.17) is 10.8 Å². The Labute approximate surface area is 91.4 Å². The van der Waals surface area contributed by atoms with Crippen LogP contribution in [0.2, 0.25) is 0 Å². The first-order chi connectivity index (χ1) is 7.19. The second kappa shape index (κ2) is 6.08. The maximum atomic E-state index is 11.2. The zero-order valence-corrected chi connectivity index (χ0v) is 9.48. The quantitative estimate of drug-likeness (QED) is 0.670. The molecule has 0 aliphatic carbocycles. The highest BCUT2D eigenvalue weighted by Gasteiger charge is 2.29. The van der Waals surface area contributed by atoms with Gasteiger partial charge in [-0.05, 0) is 31.7 Å². The fourth-order valence-electron chi connectivity index (χ4n) is 2.31. The average Bonchev–Trinajstić information content (AvgIpc) is 2.65. The molecule has 0 bridgehead atoms. The van der Waals surface area contributed by atoms with E-state index in [1.165, 1.54) is 0 Å². The summed E-state index contributed by atoms with van der Waals surface area (Å²) >= 11 is 0. The van der Waals surface area contributed by atoms with Crippen LogP contribution in [0.3, 0.4) is 0 Å². The number of primary amides is 1. The van der Waals surface area contributed by atoms with Crippen molar-refractivity contribution in [3.63, 3.8) is 0 Å². The Hall–Kier alpha value is -0.610. The first-order valence-corrected chi connectivity index (χ1v) is 5.83. The number of amides is 1. The summed E-state index contributed by atoms with van der Waals surface area (Å²) in [7, 11) is 0. The molecular formula is C11H22N2O2. The molecule has 1 aliphatic heterocycles. The number of rotatable bonds is 6. The third-order valence-electron chi connectivity index (χ3n) is 3.30. The van der Waals surface area contributed by atoms with E-state index >= 15 is 0 Å². The molecule has 3 N–H and O–H groups in total. The van der Waals surface area contributed by atoms with Gasteiger partial charge in [-0.15, -0.1) is 0 Å². The molecule has 0 aromatic carbocycles. The highest BCUT2D eigenvalue weighted by molar-refractivity contribution is 5.80. The Kier molecular flexibility index (Phi) is 5.05. The minimum Gasteiger partial charge on any atom is -0.396 e. The van der Waals surface area contributed by atoms with Gasteiger partial charge in [0.05, 0.1) is 6.04 Å². The molecular weight excluding hydrogens is 192 g/mol. The van der Waals surface area contributed by atoms with Crippen LogP contribution in [0.4, 0.5) is 0 Å². The standard InChI is InChI=1S/C11H22N2O2/c1-2-9(5-7-14)8-13-6-3-4-10(13)11(12)15/h9-10,14H,2-8H2,1H3,(H2,12,15)/t9?,10-/m0/s1. The lowest BCUT2D eigenvalue weighted by molar-refractivity contribution is -0.122. The number of carbonyl (C=O) groups is 1. The topological polar surface area (TPSA) is 66.6 Å². The molecule has 1 amide bonds. The summed E-state index contributed by atoms with van der Waals surface area (Å²) in [5.74, 6) is 0.279. The number of carbonyl (C=O) groups excluding carboxylic acids is 1. The van der Waals surface area contributed by atoms with Crippen molar-refractivity contribution in [2.75, 3.05) is 19.7 Å². The van der Waals surface area contributed by atoms with Crippen LogP contribution in [0.25, 0.3) is 0 Å². The van der Waals surface area contributed by atoms with E-state index < -0.39 is 0 Å². The SMILES string of the molecule is CCC(CCO)CN1CCC[C@H]1C(N)=O. The fraction of sp³-hybridized carbons (Fsp3) is 0.909. The Morgan fingerprint density at radius 2 is 2.40 bits per heavy atom. The number of likely N-dealkylation sites (tertiary alicyclic amines) is 1. The van der Waals surface area contributed by atoms with Gasteiger partial charge in [0, 0.05) is 13.2 Å². The summed E-state index contributed by atoms with van der Waals surface area (Å²) in [4.78, 5) is 13.3. The fourth-order valence-corrected chi connectivity index (χ4v) is 2.31. The summed E-state index contributed by atoms with van der Waals surface area (Å²) in [6, 6.07) is -0.0715. The molecule has 1 saturated heterocycles. The number of nitrogens with two attached hydrogens (primary N) is 1. The van der Waals surface area contributed by atoms with E-state index in [9.17, 15) is 4.79 Å². The lowest BCUT2D eigenvalue weighted by atomic mass is 10.0. The molecule has 1 heterocycles. The monoisotopic (exact) mass is 214 g/mol. The van der Waals surface area contributed by atoms with Crippen molar-refractivity contribution in [3.05, 3.63) is 0 Å². The third kappa shape index (κ3) is 3.47. The predicted molar refractivity (Wildman–Crippen MR) is 59.3 cm³/mol. The van der Waals surface area contributed by atoms with Gasteiger partial charge in [0.15, 0.2) is 0 Å². The molecule has 0 saturated carbocycles. The predicted octanol–water partition coefficient (Wildman–Crippen LogP) is 0.345. The van der Waals surface area contributed by atoms with Gasteiger partial charge in [-0.25, -0.2) is 0 Å². The number of aliphatic hydroxyl groups excluding tert-OH is 1. The zero-order valence-electron chi connectivity index (χ0n) is 9.48. The van der Waals surface area contributed by atoms with E-state index in [0.717, 1.165) is 38.8 Å². The van der Waals surface area contributed by atoms with Crippen LogP contribution >= 0.6 is 0 Å². The van der Waals surface area contributed by atoms with Gasteiger partial charge in [-0.1, -0.05) is 13.3 Å². The van der Waals surface area contributed by atoms with Crippen molar-refractivity contribution in [1.82, 2.24) is 4.90 Å². The summed E-state index contributed by atoms with van der Waals surface area (Å²) in [5.41, 5.74) is 5.35. The minimum atomic E-state index is -0.202. The van der Waals surface area contributed by atoms with Crippen LogP contribution in [0.1, 0.15) is 32.6 Å². The molecule has 1 fully saturated rings. The Bertz CT molecular complexity index is 209. The maximum absolute atomic E-state index is 11.2. The summed E-state index contributed by atoms with van der Waals surface area (Å²) in [6.07, 6.45) is 3.81. The molecule has 1 aliphatic rings. The molecule has 15 heavy (non-hydrogen) atoms. The summed E-state index contributed by atoms with van der Waals surface area (Å²) < 4.78 is 0. The highest BCUT2D eigenvalue weighted by atomic mass is 16.3. The Morgan fingerprint density at radius 3 is 2.93 bits per heavy atom. The van der Waals surface area contributed by atoms with E-state index in [0.29, 0.717) is 5.92 Å². The average molecular weight is 214 g/mol. The molecule has 1 unspecified atom stereocenters. The van der Waals surface area contributed by atoms with E-state index in [2.05, 4.69) is 11.8 Å². The zero-order chi connectivity index (χ0) is 11.3. The summed E-state index contributed by atoms with van der Waals surface area (Å²) in [6.45, 7) is 4.21. The van der Waals surface area contributed by atoms with Crippen molar-refractivity contribution in [2.24, 2.45) is 11.7 Å². The third-order valence-corrected chi connectivity index (χ3v) is 3.30. The minimum absolute atomic E-state index is 0.0715. The van der Waals surface area contributed by atoms with E-state index in [1.807, 2.05) is 0 Å². The van der Waals surface area contributed by atoms with Crippen LogP contribution in [-0.4, -0.2) is 41.7 Å². The first kappa shape index (κ1) is 12.5. The van der Waals surface area contributed by atoms with Gasteiger partial charge in [-0.3, -0.25) is 9.69 Å². The second-order valence-corrected chi connectivity index (χ2v) is 4.34. The van der Waals surface area contributed by atoms with Gasteiger partial charge < -0.3 is 10.8 Å². The molecule has 0 aromatic heterocycles. The van der Waals surface area contributed by atoms with E-state index in [-0.39, 0.29) is 18.6 Å². The van der Waals surface area contributed by atoms with Crippen LogP contribution in [0.5, 0.6) is 0 Å². The normalized spacial score (nSPS) is 24.3. The van der Waals surface area contributed by atoms with Crippen LogP contribution in [-0.2, 0) is 4.79 Å². The van der Waals surface area contributed by atoms with Gasteiger partial charge in [-0.2, -0.15) is 0 Å². The molecule has 1 rings (SSSR count). The summed E-state index contributed by atoms with van der Waals surface area (Å²) in [5, 5.41) is 8.91.